The number of piperidine rings is 1. The van der Waals surface area contributed by atoms with E-state index in [1.807, 2.05) is 13.0 Å². The van der Waals surface area contributed by atoms with Gasteiger partial charge < -0.3 is 15.5 Å². The molecular formula is C19H27N3O3. The summed E-state index contributed by atoms with van der Waals surface area (Å²) in [7, 11) is 0. The van der Waals surface area contributed by atoms with Crippen molar-refractivity contribution in [2.75, 3.05) is 6.54 Å². The third kappa shape index (κ3) is 3.92. The standard InChI is InChI=1S/C19H27N3O3/c1-3-13-7-12(2)18-15(8-13)19(25)22(11-21-18)10-14(23)9-16-17(24)5-4-6-20-16/h7-8,11,14,16-17,20,23-24H,3-6,9-10H2,1-2H3/t14?,16-,17+/m1/s1. The van der Waals surface area contributed by atoms with Crippen molar-refractivity contribution in [3.8, 4) is 0 Å². The monoisotopic (exact) mass is 345 g/mol. The maximum absolute atomic E-state index is 12.8. The fraction of sp³-hybridized carbons (Fsp3) is 0.579. The van der Waals surface area contributed by atoms with Crippen molar-refractivity contribution in [2.24, 2.45) is 0 Å². The van der Waals surface area contributed by atoms with Crippen molar-refractivity contribution in [1.82, 2.24) is 14.9 Å². The van der Waals surface area contributed by atoms with E-state index in [0.29, 0.717) is 11.8 Å². The highest BCUT2D eigenvalue weighted by Gasteiger charge is 2.25. The summed E-state index contributed by atoms with van der Waals surface area (Å²) in [4.78, 5) is 17.2. The Balaban J connectivity index is 1.81. The number of hydrogen-bond donors (Lipinski definition) is 3. The highest BCUT2D eigenvalue weighted by molar-refractivity contribution is 5.81. The van der Waals surface area contributed by atoms with Crippen LogP contribution in [0.3, 0.4) is 0 Å². The Hall–Kier alpha value is -1.76. The fourth-order valence-electron chi connectivity index (χ4n) is 3.63. The van der Waals surface area contributed by atoms with E-state index in [0.717, 1.165) is 42.5 Å². The van der Waals surface area contributed by atoms with Gasteiger partial charge in [0.05, 0.1) is 36.0 Å². The van der Waals surface area contributed by atoms with Crippen LogP contribution in [0.15, 0.2) is 23.3 Å². The zero-order valence-corrected chi connectivity index (χ0v) is 14.9. The minimum atomic E-state index is -0.711. The molecule has 0 spiro atoms. The second-order valence-electron chi connectivity index (χ2n) is 7.02. The highest BCUT2D eigenvalue weighted by Crippen LogP contribution is 2.17. The van der Waals surface area contributed by atoms with Gasteiger partial charge >= 0.3 is 0 Å². The fourth-order valence-corrected chi connectivity index (χ4v) is 3.63. The summed E-state index contributed by atoms with van der Waals surface area (Å²) in [6, 6.07) is 3.83. The molecule has 6 heteroatoms. The van der Waals surface area contributed by atoms with E-state index >= 15 is 0 Å². The van der Waals surface area contributed by atoms with E-state index in [-0.39, 0.29) is 18.1 Å². The first-order chi connectivity index (χ1) is 12.0. The van der Waals surface area contributed by atoms with Gasteiger partial charge in [-0.15, -0.1) is 0 Å². The Morgan fingerprint density at radius 2 is 2.24 bits per heavy atom. The molecule has 1 fully saturated rings. The summed E-state index contributed by atoms with van der Waals surface area (Å²) in [6.07, 6.45) is 3.33. The summed E-state index contributed by atoms with van der Waals surface area (Å²) in [5, 5.41) is 24.2. The maximum atomic E-state index is 12.8. The Kier molecular flexibility index (Phi) is 5.51. The van der Waals surface area contributed by atoms with E-state index in [4.69, 9.17) is 0 Å². The highest BCUT2D eigenvalue weighted by atomic mass is 16.3. The van der Waals surface area contributed by atoms with Crippen LogP contribution in [0.4, 0.5) is 0 Å². The Bertz CT molecular complexity index is 802. The predicted octanol–water partition coefficient (Wildman–Crippen LogP) is 1.13. The molecule has 1 aliphatic heterocycles. The van der Waals surface area contributed by atoms with Crippen LogP contribution in [0.1, 0.15) is 37.3 Å². The first-order valence-corrected chi connectivity index (χ1v) is 9.07. The Labute approximate surface area is 147 Å². The summed E-state index contributed by atoms with van der Waals surface area (Å²) in [6.45, 7) is 5.05. The number of fused-ring (bicyclic) bond motifs is 1. The van der Waals surface area contributed by atoms with E-state index < -0.39 is 12.2 Å². The van der Waals surface area contributed by atoms with Crippen LogP contribution in [0, 0.1) is 6.92 Å². The maximum Gasteiger partial charge on any atom is 0.261 e. The van der Waals surface area contributed by atoms with Gasteiger partial charge in [-0.1, -0.05) is 13.0 Å². The quantitative estimate of drug-likeness (QED) is 0.756. The second-order valence-corrected chi connectivity index (χ2v) is 7.02. The van der Waals surface area contributed by atoms with Crippen molar-refractivity contribution >= 4 is 10.9 Å². The number of nitrogens with one attached hydrogen (secondary N) is 1. The molecule has 6 nitrogen and oxygen atoms in total. The topological polar surface area (TPSA) is 87.4 Å². The lowest BCUT2D eigenvalue weighted by Crippen LogP contribution is -2.47. The van der Waals surface area contributed by atoms with Crippen LogP contribution >= 0.6 is 0 Å². The van der Waals surface area contributed by atoms with E-state index in [9.17, 15) is 15.0 Å². The van der Waals surface area contributed by atoms with Crippen LogP contribution < -0.4 is 10.9 Å². The SMILES string of the molecule is CCc1cc(C)c2ncn(CC(O)C[C@H]3NCCC[C@@H]3O)c(=O)c2c1. The molecule has 0 saturated carbocycles. The minimum absolute atomic E-state index is 0.123. The van der Waals surface area contributed by atoms with Gasteiger partial charge in [0.1, 0.15) is 0 Å². The number of benzene rings is 1. The second kappa shape index (κ2) is 7.64. The molecule has 1 aliphatic rings. The van der Waals surface area contributed by atoms with Crippen molar-refractivity contribution in [3.63, 3.8) is 0 Å². The number of hydrogen-bond acceptors (Lipinski definition) is 5. The number of aromatic nitrogens is 2. The van der Waals surface area contributed by atoms with Crippen molar-refractivity contribution in [3.05, 3.63) is 39.9 Å². The van der Waals surface area contributed by atoms with Crippen LogP contribution in [-0.4, -0.2) is 44.6 Å². The molecule has 1 aromatic heterocycles. The Morgan fingerprint density at radius 1 is 1.44 bits per heavy atom. The molecule has 0 amide bonds. The van der Waals surface area contributed by atoms with Crippen molar-refractivity contribution < 1.29 is 10.2 Å². The van der Waals surface area contributed by atoms with Gasteiger partial charge in [0, 0.05) is 6.04 Å². The molecule has 3 atom stereocenters. The average Bonchev–Trinajstić information content (AvgIpc) is 2.59. The van der Waals surface area contributed by atoms with Gasteiger partial charge in [0.15, 0.2) is 0 Å². The molecule has 3 N–H and O–H groups in total. The van der Waals surface area contributed by atoms with Gasteiger partial charge in [-0.3, -0.25) is 9.36 Å². The molecular weight excluding hydrogens is 318 g/mol. The third-order valence-corrected chi connectivity index (χ3v) is 5.07. The van der Waals surface area contributed by atoms with Gasteiger partial charge in [-0.2, -0.15) is 0 Å². The van der Waals surface area contributed by atoms with Crippen molar-refractivity contribution in [1.29, 1.82) is 0 Å². The predicted molar refractivity (Wildman–Crippen MR) is 97.8 cm³/mol. The molecule has 0 aliphatic carbocycles. The zero-order valence-electron chi connectivity index (χ0n) is 14.9. The van der Waals surface area contributed by atoms with Crippen LogP contribution in [0.25, 0.3) is 10.9 Å². The van der Waals surface area contributed by atoms with E-state index in [2.05, 4.69) is 23.3 Å². The molecule has 1 unspecified atom stereocenters. The summed E-state index contributed by atoms with van der Waals surface area (Å²) >= 11 is 0. The number of aryl methyl sites for hydroxylation is 2. The van der Waals surface area contributed by atoms with Gasteiger partial charge in [-0.05, 0) is 56.3 Å². The summed E-state index contributed by atoms with van der Waals surface area (Å²) in [5.74, 6) is 0. The lowest BCUT2D eigenvalue weighted by molar-refractivity contribution is 0.0539. The number of aliphatic hydroxyl groups is 2. The molecule has 25 heavy (non-hydrogen) atoms. The average molecular weight is 345 g/mol. The van der Waals surface area contributed by atoms with Crippen LogP contribution in [0.2, 0.25) is 0 Å². The summed E-state index contributed by atoms with van der Waals surface area (Å²) in [5.41, 5.74) is 2.70. The van der Waals surface area contributed by atoms with E-state index in [1.54, 1.807) is 0 Å². The largest absolute Gasteiger partial charge is 0.392 e. The molecule has 1 saturated heterocycles. The van der Waals surface area contributed by atoms with Gasteiger partial charge in [-0.25, -0.2) is 4.98 Å². The summed E-state index contributed by atoms with van der Waals surface area (Å²) < 4.78 is 1.47. The Morgan fingerprint density at radius 3 is 2.96 bits per heavy atom. The lowest BCUT2D eigenvalue weighted by atomic mass is 9.96. The smallest absolute Gasteiger partial charge is 0.261 e. The normalized spacial score (nSPS) is 22.2. The number of nitrogens with zero attached hydrogens (tertiary/aromatic N) is 2. The van der Waals surface area contributed by atoms with Crippen molar-refractivity contribution in [2.45, 2.75) is 64.3 Å². The number of rotatable bonds is 5. The minimum Gasteiger partial charge on any atom is -0.392 e. The number of aliphatic hydroxyl groups excluding tert-OH is 2. The molecule has 3 rings (SSSR count). The molecule has 136 valence electrons. The molecule has 0 bridgehead atoms. The molecule has 0 radical (unpaired) electrons. The molecule has 2 aromatic rings. The molecule has 2 heterocycles. The molecule has 1 aromatic carbocycles. The lowest BCUT2D eigenvalue weighted by Gasteiger charge is -2.30. The zero-order chi connectivity index (χ0) is 18.0. The van der Waals surface area contributed by atoms with Gasteiger partial charge in [0.25, 0.3) is 5.56 Å². The first-order valence-electron chi connectivity index (χ1n) is 9.07. The third-order valence-electron chi connectivity index (χ3n) is 5.07. The van der Waals surface area contributed by atoms with Crippen LogP contribution in [-0.2, 0) is 13.0 Å². The van der Waals surface area contributed by atoms with E-state index in [1.165, 1.54) is 10.9 Å². The van der Waals surface area contributed by atoms with Crippen LogP contribution in [0.5, 0.6) is 0 Å². The first kappa shape index (κ1) is 18.0. The van der Waals surface area contributed by atoms with Gasteiger partial charge in [0.2, 0.25) is 0 Å².